The zero-order chi connectivity index (χ0) is 12.9. The van der Waals surface area contributed by atoms with Gasteiger partial charge < -0.3 is 15.3 Å². The lowest BCUT2D eigenvalue weighted by Gasteiger charge is -2.28. The van der Waals surface area contributed by atoms with Crippen molar-refractivity contribution in [1.82, 2.24) is 10.2 Å². The molecule has 0 saturated carbocycles. The summed E-state index contributed by atoms with van der Waals surface area (Å²) >= 11 is 0. The summed E-state index contributed by atoms with van der Waals surface area (Å²) in [6.45, 7) is 8.57. The maximum Gasteiger partial charge on any atom is 0.236 e. The van der Waals surface area contributed by atoms with E-state index in [1.807, 2.05) is 25.7 Å². The van der Waals surface area contributed by atoms with Crippen LogP contribution in [-0.4, -0.2) is 48.2 Å². The molecule has 100 valence electrons. The number of rotatable bonds is 4. The van der Waals surface area contributed by atoms with Crippen LogP contribution in [0, 0.1) is 5.41 Å². The number of nitrogens with one attached hydrogen (secondary N) is 1. The van der Waals surface area contributed by atoms with Crippen molar-refractivity contribution in [3.63, 3.8) is 0 Å². The first-order valence-corrected chi connectivity index (χ1v) is 6.58. The van der Waals surface area contributed by atoms with Crippen molar-refractivity contribution in [2.45, 2.75) is 46.1 Å². The monoisotopic (exact) mass is 242 g/mol. The molecule has 0 bridgehead atoms. The fraction of sp³-hybridized carbons (Fsp3) is 0.923. The van der Waals surface area contributed by atoms with E-state index in [1.54, 1.807) is 0 Å². The van der Waals surface area contributed by atoms with E-state index >= 15 is 0 Å². The molecule has 1 saturated heterocycles. The van der Waals surface area contributed by atoms with Gasteiger partial charge in [0.05, 0.1) is 12.6 Å². The Morgan fingerprint density at radius 2 is 1.88 bits per heavy atom. The number of carbonyl (C=O) groups is 1. The van der Waals surface area contributed by atoms with E-state index in [2.05, 4.69) is 5.32 Å². The number of nitrogens with zero attached hydrogens (tertiary/aromatic N) is 1. The largest absolute Gasteiger partial charge is 0.391 e. The van der Waals surface area contributed by atoms with Gasteiger partial charge in [0.1, 0.15) is 0 Å². The predicted molar refractivity (Wildman–Crippen MR) is 68.8 cm³/mol. The van der Waals surface area contributed by atoms with E-state index in [0.29, 0.717) is 13.1 Å². The molecule has 0 aromatic heterocycles. The summed E-state index contributed by atoms with van der Waals surface area (Å²) in [5, 5.41) is 12.9. The average Bonchev–Trinajstić information content (AvgIpc) is 2.28. The number of aliphatic hydroxyl groups excluding tert-OH is 1. The molecule has 1 heterocycles. The van der Waals surface area contributed by atoms with Gasteiger partial charge in [0.25, 0.3) is 0 Å². The molecule has 1 amide bonds. The van der Waals surface area contributed by atoms with Crippen molar-refractivity contribution in [3.8, 4) is 0 Å². The van der Waals surface area contributed by atoms with Gasteiger partial charge in [-0.05, 0) is 24.7 Å². The van der Waals surface area contributed by atoms with E-state index in [9.17, 15) is 9.90 Å². The maximum absolute atomic E-state index is 11.8. The third-order valence-corrected chi connectivity index (χ3v) is 3.32. The summed E-state index contributed by atoms with van der Waals surface area (Å²) in [6, 6.07) is 0. The maximum atomic E-state index is 11.8. The van der Waals surface area contributed by atoms with Crippen LogP contribution >= 0.6 is 0 Å². The summed E-state index contributed by atoms with van der Waals surface area (Å²) in [5.41, 5.74) is -0.138. The molecule has 1 rings (SSSR count). The molecule has 4 heteroatoms. The zero-order valence-electron chi connectivity index (χ0n) is 11.3. The number of aliphatic hydroxyl groups is 1. The molecule has 0 radical (unpaired) electrons. The Hall–Kier alpha value is -0.610. The molecule has 1 aliphatic heterocycles. The first kappa shape index (κ1) is 14.5. The number of likely N-dealkylation sites (tertiary alicyclic amines) is 1. The normalized spacial score (nSPS) is 19.2. The minimum absolute atomic E-state index is 0.138. The molecule has 1 aliphatic rings. The summed E-state index contributed by atoms with van der Waals surface area (Å²) in [6.07, 6.45) is 3.06. The molecule has 0 aromatic carbocycles. The Balaban J connectivity index is 2.19. The molecule has 0 aromatic rings. The van der Waals surface area contributed by atoms with Gasteiger partial charge in [0, 0.05) is 19.6 Å². The van der Waals surface area contributed by atoms with Crippen molar-refractivity contribution < 1.29 is 9.90 Å². The highest BCUT2D eigenvalue weighted by Crippen LogP contribution is 2.18. The van der Waals surface area contributed by atoms with Crippen molar-refractivity contribution in [2.75, 3.05) is 26.2 Å². The van der Waals surface area contributed by atoms with Crippen molar-refractivity contribution in [2.24, 2.45) is 5.41 Å². The average molecular weight is 242 g/mol. The van der Waals surface area contributed by atoms with Gasteiger partial charge in [-0.2, -0.15) is 0 Å². The van der Waals surface area contributed by atoms with Gasteiger partial charge in [-0.25, -0.2) is 0 Å². The molecular formula is C13H26N2O2. The van der Waals surface area contributed by atoms with E-state index in [1.165, 1.54) is 6.42 Å². The van der Waals surface area contributed by atoms with Crippen molar-refractivity contribution in [1.29, 1.82) is 0 Å². The smallest absolute Gasteiger partial charge is 0.236 e. The quantitative estimate of drug-likeness (QED) is 0.773. The van der Waals surface area contributed by atoms with Crippen LogP contribution in [0.15, 0.2) is 0 Å². The van der Waals surface area contributed by atoms with Gasteiger partial charge in [-0.15, -0.1) is 0 Å². The van der Waals surface area contributed by atoms with Gasteiger partial charge in [-0.3, -0.25) is 4.79 Å². The number of hydrogen-bond acceptors (Lipinski definition) is 3. The second-order valence-electron chi connectivity index (χ2n) is 5.95. The lowest BCUT2D eigenvalue weighted by Crippen LogP contribution is -2.44. The van der Waals surface area contributed by atoms with Crippen LogP contribution in [0.5, 0.6) is 0 Å². The first-order valence-electron chi connectivity index (χ1n) is 6.58. The number of piperidine rings is 1. The molecule has 17 heavy (non-hydrogen) atoms. The summed E-state index contributed by atoms with van der Waals surface area (Å²) in [5.74, 6) is 0.158. The summed E-state index contributed by atoms with van der Waals surface area (Å²) in [4.78, 5) is 13.7. The molecular weight excluding hydrogens is 216 g/mol. The number of carbonyl (C=O) groups excluding carboxylic acids is 1. The Labute approximate surface area is 104 Å². The molecule has 0 spiro atoms. The fourth-order valence-corrected chi connectivity index (χ4v) is 1.88. The fourth-order valence-electron chi connectivity index (χ4n) is 1.88. The SMILES string of the molecule is CC(C)(C)C(O)CNCC(=O)N1CCCCC1. The van der Waals surface area contributed by atoms with Gasteiger partial charge >= 0.3 is 0 Å². The first-order chi connectivity index (χ1) is 7.91. The minimum Gasteiger partial charge on any atom is -0.391 e. The van der Waals surface area contributed by atoms with Crippen LogP contribution in [-0.2, 0) is 4.79 Å². The molecule has 1 fully saturated rings. The van der Waals surface area contributed by atoms with Gasteiger partial charge in [0.15, 0.2) is 0 Å². The van der Waals surface area contributed by atoms with Crippen LogP contribution in [0.3, 0.4) is 0 Å². The van der Waals surface area contributed by atoms with E-state index in [-0.39, 0.29) is 11.3 Å². The van der Waals surface area contributed by atoms with Crippen LogP contribution in [0.4, 0.5) is 0 Å². The van der Waals surface area contributed by atoms with Crippen LogP contribution in [0.25, 0.3) is 0 Å². The third kappa shape index (κ3) is 5.04. The number of amides is 1. The topological polar surface area (TPSA) is 52.6 Å². The molecule has 1 unspecified atom stereocenters. The molecule has 2 N–H and O–H groups in total. The van der Waals surface area contributed by atoms with Gasteiger partial charge in [0.2, 0.25) is 5.91 Å². The van der Waals surface area contributed by atoms with Crippen molar-refractivity contribution in [3.05, 3.63) is 0 Å². The minimum atomic E-state index is -0.420. The lowest BCUT2D eigenvalue weighted by atomic mass is 9.89. The second-order valence-corrected chi connectivity index (χ2v) is 5.95. The highest BCUT2D eigenvalue weighted by Gasteiger charge is 2.22. The molecule has 1 atom stereocenters. The summed E-state index contributed by atoms with van der Waals surface area (Å²) < 4.78 is 0. The van der Waals surface area contributed by atoms with Crippen LogP contribution < -0.4 is 5.32 Å². The predicted octanol–water partition coefficient (Wildman–Crippen LogP) is 0.995. The zero-order valence-corrected chi connectivity index (χ0v) is 11.3. The molecule has 4 nitrogen and oxygen atoms in total. The Kier molecular flexibility index (Phi) is 5.40. The Bertz CT molecular complexity index is 242. The van der Waals surface area contributed by atoms with E-state index < -0.39 is 6.10 Å². The Morgan fingerprint density at radius 1 is 1.29 bits per heavy atom. The van der Waals surface area contributed by atoms with E-state index in [0.717, 1.165) is 25.9 Å². The van der Waals surface area contributed by atoms with Crippen LogP contribution in [0.1, 0.15) is 40.0 Å². The highest BCUT2D eigenvalue weighted by molar-refractivity contribution is 5.78. The molecule has 0 aliphatic carbocycles. The van der Waals surface area contributed by atoms with Crippen molar-refractivity contribution >= 4 is 5.91 Å². The summed E-state index contributed by atoms with van der Waals surface area (Å²) in [7, 11) is 0. The standard InChI is InChI=1S/C13H26N2O2/c1-13(2,3)11(16)9-14-10-12(17)15-7-5-4-6-8-15/h11,14,16H,4-10H2,1-3H3. The van der Waals surface area contributed by atoms with E-state index in [4.69, 9.17) is 0 Å². The number of hydrogen-bond donors (Lipinski definition) is 2. The highest BCUT2D eigenvalue weighted by atomic mass is 16.3. The Morgan fingerprint density at radius 3 is 2.41 bits per heavy atom. The second kappa shape index (κ2) is 6.36. The van der Waals surface area contributed by atoms with Crippen LogP contribution in [0.2, 0.25) is 0 Å². The lowest BCUT2D eigenvalue weighted by molar-refractivity contribution is -0.131. The third-order valence-electron chi connectivity index (χ3n) is 3.32. The van der Waals surface area contributed by atoms with Gasteiger partial charge in [-0.1, -0.05) is 20.8 Å².